The fourth-order valence-electron chi connectivity index (χ4n) is 1.46. The zero-order valence-corrected chi connectivity index (χ0v) is 8.79. The average molecular weight is 224 g/mol. The van der Waals surface area contributed by atoms with Gasteiger partial charge in [0.2, 0.25) is 0 Å². The molecule has 2 aromatic rings. The maximum Gasteiger partial charge on any atom is 0.354 e. The Balaban J connectivity index is 2.49. The molecule has 4 nitrogen and oxygen atoms in total. The molecule has 0 radical (unpaired) electrons. The molecule has 1 N–H and O–H groups in total. The van der Waals surface area contributed by atoms with Gasteiger partial charge in [-0.1, -0.05) is 18.2 Å². The average Bonchev–Trinajstić information content (AvgIpc) is 2.39. The number of carboxylic acids is 1. The molecular formula is C13H8N2O2. The first-order valence-corrected chi connectivity index (χ1v) is 4.91. The van der Waals surface area contributed by atoms with E-state index in [1.807, 2.05) is 6.07 Å². The molecule has 0 atom stereocenters. The lowest BCUT2D eigenvalue weighted by atomic mass is 10.1. The van der Waals surface area contributed by atoms with Crippen LogP contribution in [-0.4, -0.2) is 16.1 Å². The summed E-state index contributed by atoms with van der Waals surface area (Å²) >= 11 is 0. The minimum Gasteiger partial charge on any atom is -0.477 e. The number of carboxylic acid groups (broad SMARTS) is 1. The van der Waals surface area contributed by atoms with Gasteiger partial charge >= 0.3 is 5.97 Å². The molecule has 0 aliphatic rings. The molecule has 1 heterocycles. The molecule has 82 valence electrons. The summed E-state index contributed by atoms with van der Waals surface area (Å²) in [6, 6.07) is 13.7. The Morgan fingerprint density at radius 2 is 2.00 bits per heavy atom. The van der Waals surface area contributed by atoms with Crippen molar-refractivity contribution in [1.29, 1.82) is 5.26 Å². The van der Waals surface area contributed by atoms with Crippen molar-refractivity contribution in [3.63, 3.8) is 0 Å². The maximum atomic E-state index is 10.8. The first kappa shape index (κ1) is 10.8. The van der Waals surface area contributed by atoms with Crippen LogP contribution >= 0.6 is 0 Å². The van der Waals surface area contributed by atoms with Crippen molar-refractivity contribution in [2.45, 2.75) is 0 Å². The minimum absolute atomic E-state index is 0.00939. The van der Waals surface area contributed by atoms with Crippen LogP contribution in [0.3, 0.4) is 0 Å². The van der Waals surface area contributed by atoms with Crippen LogP contribution in [0.4, 0.5) is 0 Å². The van der Waals surface area contributed by atoms with Crippen molar-refractivity contribution in [1.82, 2.24) is 4.98 Å². The lowest BCUT2D eigenvalue weighted by molar-refractivity contribution is 0.0690. The second-order valence-corrected chi connectivity index (χ2v) is 3.41. The molecule has 1 aromatic carbocycles. The number of aromatic carboxylic acids is 1. The molecule has 0 bridgehead atoms. The highest BCUT2D eigenvalue weighted by Gasteiger charge is 2.06. The molecule has 2 rings (SSSR count). The van der Waals surface area contributed by atoms with E-state index in [0.717, 1.165) is 5.56 Å². The summed E-state index contributed by atoms with van der Waals surface area (Å²) in [5.74, 6) is -1.07. The van der Waals surface area contributed by atoms with Crippen LogP contribution in [0.25, 0.3) is 11.3 Å². The largest absolute Gasteiger partial charge is 0.477 e. The van der Waals surface area contributed by atoms with Gasteiger partial charge in [0.05, 0.1) is 17.3 Å². The Bertz CT molecular complexity index is 615. The Labute approximate surface area is 97.8 Å². The molecule has 0 aliphatic carbocycles. The minimum atomic E-state index is -1.07. The van der Waals surface area contributed by atoms with Gasteiger partial charge in [0, 0.05) is 5.56 Å². The maximum absolute atomic E-state index is 10.8. The fraction of sp³-hybridized carbons (Fsp3) is 0. The van der Waals surface area contributed by atoms with Gasteiger partial charge in [0.1, 0.15) is 5.69 Å². The van der Waals surface area contributed by atoms with Crippen LogP contribution in [0.2, 0.25) is 0 Å². The van der Waals surface area contributed by atoms with Gasteiger partial charge in [-0.3, -0.25) is 0 Å². The van der Waals surface area contributed by atoms with Gasteiger partial charge in [0.25, 0.3) is 0 Å². The topological polar surface area (TPSA) is 74.0 Å². The number of hydrogen-bond donors (Lipinski definition) is 1. The molecule has 0 fully saturated rings. The number of carbonyl (C=O) groups is 1. The van der Waals surface area contributed by atoms with E-state index in [1.165, 1.54) is 6.07 Å². The number of hydrogen-bond acceptors (Lipinski definition) is 3. The van der Waals surface area contributed by atoms with E-state index >= 15 is 0 Å². The molecule has 17 heavy (non-hydrogen) atoms. The van der Waals surface area contributed by atoms with Crippen molar-refractivity contribution >= 4 is 5.97 Å². The number of nitriles is 1. The predicted molar refractivity (Wildman–Crippen MR) is 61.3 cm³/mol. The van der Waals surface area contributed by atoms with E-state index < -0.39 is 5.97 Å². The van der Waals surface area contributed by atoms with Crippen LogP contribution in [0.5, 0.6) is 0 Å². The van der Waals surface area contributed by atoms with Gasteiger partial charge in [-0.25, -0.2) is 9.78 Å². The van der Waals surface area contributed by atoms with Crippen LogP contribution in [0.1, 0.15) is 16.1 Å². The fourth-order valence-corrected chi connectivity index (χ4v) is 1.46. The number of benzene rings is 1. The Morgan fingerprint density at radius 1 is 1.24 bits per heavy atom. The van der Waals surface area contributed by atoms with Crippen molar-refractivity contribution in [2.75, 3.05) is 0 Å². The third-order valence-corrected chi connectivity index (χ3v) is 2.26. The van der Waals surface area contributed by atoms with Crippen molar-refractivity contribution in [2.24, 2.45) is 0 Å². The molecule has 0 spiro atoms. The number of aromatic nitrogens is 1. The van der Waals surface area contributed by atoms with Crippen molar-refractivity contribution in [3.8, 4) is 17.3 Å². The predicted octanol–water partition coefficient (Wildman–Crippen LogP) is 2.32. The van der Waals surface area contributed by atoms with E-state index in [1.54, 1.807) is 36.4 Å². The van der Waals surface area contributed by atoms with E-state index in [9.17, 15) is 4.79 Å². The van der Waals surface area contributed by atoms with E-state index in [0.29, 0.717) is 11.3 Å². The van der Waals surface area contributed by atoms with Gasteiger partial charge in [-0.05, 0) is 24.3 Å². The lowest BCUT2D eigenvalue weighted by Crippen LogP contribution is -2.00. The van der Waals surface area contributed by atoms with E-state index in [2.05, 4.69) is 4.98 Å². The summed E-state index contributed by atoms with van der Waals surface area (Å²) in [6.45, 7) is 0. The normalized spacial score (nSPS) is 9.59. The molecule has 0 saturated heterocycles. The lowest BCUT2D eigenvalue weighted by Gasteiger charge is -2.02. The SMILES string of the molecule is N#Cc1cccc(-c2cccc(C(=O)O)n2)c1. The molecule has 0 amide bonds. The van der Waals surface area contributed by atoms with Crippen molar-refractivity contribution in [3.05, 3.63) is 53.7 Å². The molecule has 0 aliphatic heterocycles. The standard InChI is InChI=1S/C13H8N2O2/c14-8-9-3-1-4-10(7-9)11-5-2-6-12(15-11)13(16)17/h1-7H,(H,16,17). The van der Waals surface area contributed by atoms with Crippen LogP contribution in [-0.2, 0) is 0 Å². The monoisotopic (exact) mass is 224 g/mol. The van der Waals surface area contributed by atoms with Gasteiger partial charge in [-0.15, -0.1) is 0 Å². The summed E-state index contributed by atoms with van der Waals surface area (Å²) in [5.41, 5.74) is 1.78. The van der Waals surface area contributed by atoms with Gasteiger partial charge < -0.3 is 5.11 Å². The summed E-state index contributed by atoms with van der Waals surface area (Å²) in [4.78, 5) is 14.8. The van der Waals surface area contributed by atoms with Crippen molar-refractivity contribution < 1.29 is 9.90 Å². The summed E-state index contributed by atoms with van der Waals surface area (Å²) in [5, 5.41) is 17.6. The highest BCUT2D eigenvalue weighted by atomic mass is 16.4. The molecular weight excluding hydrogens is 216 g/mol. The molecule has 1 aromatic heterocycles. The number of pyridine rings is 1. The van der Waals surface area contributed by atoms with Crippen LogP contribution < -0.4 is 0 Å². The van der Waals surface area contributed by atoms with Crippen LogP contribution in [0.15, 0.2) is 42.5 Å². The zero-order chi connectivity index (χ0) is 12.3. The third kappa shape index (κ3) is 2.29. The second kappa shape index (κ2) is 4.45. The van der Waals surface area contributed by atoms with E-state index in [-0.39, 0.29) is 5.69 Å². The van der Waals surface area contributed by atoms with Crippen LogP contribution in [0, 0.1) is 11.3 Å². The Hall–Kier alpha value is -2.67. The second-order valence-electron chi connectivity index (χ2n) is 3.41. The summed E-state index contributed by atoms with van der Waals surface area (Å²) < 4.78 is 0. The number of nitrogens with zero attached hydrogens (tertiary/aromatic N) is 2. The smallest absolute Gasteiger partial charge is 0.354 e. The zero-order valence-electron chi connectivity index (χ0n) is 8.79. The van der Waals surface area contributed by atoms with Gasteiger partial charge in [-0.2, -0.15) is 5.26 Å². The van der Waals surface area contributed by atoms with Gasteiger partial charge in [0.15, 0.2) is 0 Å². The van der Waals surface area contributed by atoms with E-state index in [4.69, 9.17) is 10.4 Å². The molecule has 0 saturated carbocycles. The highest BCUT2D eigenvalue weighted by Crippen LogP contribution is 2.18. The highest BCUT2D eigenvalue weighted by molar-refractivity contribution is 5.86. The first-order valence-electron chi connectivity index (χ1n) is 4.91. The molecule has 4 heteroatoms. The number of rotatable bonds is 2. The first-order chi connectivity index (χ1) is 8.20. The Morgan fingerprint density at radius 3 is 2.71 bits per heavy atom. The quantitative estimate of drug-likeness (QED) is 0.849. The summed E-state index contributed by atoms with van der Waals surface area (Å²) in [7, 11) is 0. The summed E-state index contributed by atoms with van der Waals surface area (Å²) in [6.07, 6.45) is 0. The third-order valence-electron chi connectivity index (χ3n) is 2.26. The Kier molecular flexibility index (Phi) is 2.84. The molecule has 0 unspecified atom stereocenters.